The molecule has 0 aliphatic carbocycles. The van der Waals surface area contributed by atoms with Crippen LogP contribution in [0, 0.1) is 32.6 Å². The number of fused-ring (bicyclic) bond motifs is 2. The summed E-state index contributed by atoms with van der Waals surface area (Å²) in [6, 6.07) is 18.8. The third kappa shape index (κ3) is 10.9. The highest BCUT2D eigenvalue weighted by Crippen LogP contribution is 2.40. The lowest BCUT2D eigenvalue weighted by molar-refractivity contribution is -0.138. The number of rotatable bonds is 13. The molecule has 0 saturated carbocycles. The monoisotopic (exact) mass is 1050 g/mol. The van der Waals surface area contributed by atoms with Crippen molar-refractivity contribution in [3.05, 3.63) is 118 Å². The zero-order valence-electron chi connectivity index (χ0n) is 43.0. The van der Waals surface area contributed by atoms with Crippen LogP contribution in [0.3, 0.4) is 0 Å². The van der Waals surface area contributed by atoms with Crippen molar-refractivity contribution in [1.29, 1.82) is 0 Å². The molecule has 2 N–H and O–H groups in total. The summed E-state index contributed by atoms with van der Waals surface area (Å²) < 4.78 is 97.0. The predicted molar refractivity (Wildman–Crippen MR) is 278 cm³/mol. The average Bonchev–Trinajstić information content (AvgIpc) is 4.18. The van der Waals surface area contributed by atoms with E-state index in [1.54, 1.807) is 19.1 Å². The van der Waals surface area contributed by atoms with Crippen LogP contribution in [0.1, 0.15) is 83.0 Å². The van der Waals surface area contributed by atoms with Gasteiger partial charge in [-0.1, -0.05) is 36.4 Å². The van der Waals surface area contributed by atoms with E-state index < -0.39 is 35.6 Å². The molecule has 2 aromatic heterocycles. The summed E-state index contributed by atoms with van der Waals surface area (Å²) in [5, 5.41) is 28.3. The van der Waals surface area contributed by atoms with Crippen molar-refractivity contribution in [2.24, 2.45) is 11.8 Å². The quantitative estimate of drug-likeness (QED) is 0.106. The number of aryl methyl sites for hydroxylation is 2. The van der Waals surface area contributed by atoms with Crippen molar-refractivity contribution in [3.63, 3.8) is 0 Å². The van der Waals surface area contributed by atoms with Gasteiger partial charge in [0.15, 0.2) is 11.6 Å². The molecule has 4 atom stereocenters. The van der Waals surface area contributed by atoms with Crippen LogP contribution in [-0.2, 0) is 37.8 Å². The van der Waals surface area contributed by atoms with Gasteiger partial charge in [-0.25, -0.2) is 0 Å². The summed E-state index contributed by atoms with van der Waals surface area (Å²) in [6.07, 6.45) is -7.26. The van der Waals surface area contributed by atoms with E-state index in [0.717, 1.165) is 40.7 Å². The van der Waals surface area contributed by atoms with E-state index in [1.807, 2.05) is 53.1 Å². The molecular weight excluding hydrogens is 991 g/mol. The number of carbonyl (C=O) groups is 2. The largest absolute Gasteiger partial charge is 0.416 e. The fraction of sp³-hybridized carbons (Fsp3) is 0.464. The van der Waals surface area contributed by atoms with Gasteiger partial charge in [0.05, 0.1) is 59.6 Å². The third-order valence-electron chi connectivity index (χ3n) is 15.8. The lowest BCUT2D eigenvalue weighted by Gasteiger charge is -2.37. The summed E-state index contributed by atoms with van der Waals surface area (Å²) in [6.45, 7) is 13.1. The van der Waals surface area contributed by atoms with Crippen molar-refractivity contribution in [2.75, 3.05) is 99.2 Å². The van der Waals surface area contributed by atoms with Crippen LogP contribution >= 0.6 is 0 Å². The average molecular weight is 1050 g/mol. The van der Waals surface area contributed by atoms with E-state index >= 15 is 0 Å². The van der Waals surface area contributed by atoms with Gasteiger partial charge in [0.2, 0.25) is 11.8 Å². The van der Waals surface area contributed by atoms with Crippen LogP contribution in [0.5, 0.6) is 0 Å². The SMILES string of the molecule is Cc1c([C@@H](C)Nc2nnc(CC[C@@H](Nc3nnc(C)c4ccc(N5CCN(C(=O)[C@H]6CCOC6)CC5)cc34)c3cccc(C(F)(F)F)c3C)c3ccc(N4CCN(C(=O)[C@@H]5CCOC5)CC4)cc23)cccc1C(F)(F)F. The number of hydrogen-bond donors (Lipinski definition) is 2. The van der Waals surface area contributed by atoms with Crippen molar-refractivity contribution in [3.8, 4) is 0 Å². The number of nitrogens with zero attached hydrogens (tertiary/aromatic N) is 8. The molecule has 0 spiro atoms. The summed E-state index contributed by atoms with van der Waals surface area (Å²) in [7, 11) is 0. The standard InChI is InChI=1S/C56H62F6N10O4/c1-33-41(7-5-9-47(33)55(57,58)59)35(3)63-51-46-30-40(70-21-25-72(26-22-70)54(74)38-18-28-76-32-38)12-14-44(46)50(66-68-51)16-15-49(42-8-6-10-48(34(42)2)56(60,61)62)64-52-45-29-39(11-13-43(45)36(4)65-67-52)69-19-23-71(24-20-69)53(73)37-17-27-75-31-37/h5-14,29-30,35,37-38,49H,15-28,31-32H2,1-4H3,(H,63,68)(H,64,67)/t35-,37+,38-,49-/m1/s1. The number of alkyl halides is 6. The number of benzene rings is 4. The zero-order valence-corrected chi connectivity index (χ0v) is 43.0. The first-order valence-corrected chi connectivity index (χ1v) is 26.1. The topological polar surface area (TPSA) is 141 Å². The minimum atomic E-state index is -4.62. The van der Waals surface area contributed by atoms with Gasteiger partial charge in [-0.2, -0.15) is 36.5 Å². The molecule has 76 heavy (non-hydrogen) atoms. The molecule has 0 bridgehead atoms. The lowest BCUT2D eigenvalue weighted by atomic mass is 9.92. The maximum Gasteiger partial charge on any atom is 0.416 e. The maximum atomic E-state index is 14.6. The Morgan fingerprint density at radius 2 is 1.09 bits per heavy atom. The first-order valence-electron chi connectivity index (χ1n) is 26.1. The second-order valence-corrected chi connectivity index (χ2v) is 20.5. The van der Waals surface area contributed by atoms with Crippen LogP contribution in [0.25, 0.3) is 21.5 Å². The smallest absolute Gasteiger partial charge is 0.381 e. The lowest BCUT2D eigenvalue weighted by Crippen LogP contribution is -2.50. The Morgan fingerprint density at radius 1 is 0.605 bits per heavy atom. The number of halogens is 6. The molecule has 4 saturated heterocycles. The van der Waals surface area contributed by atoms with Gasteiger partial charge in [-0.3, -0.25) is 9.59 Å². The van der Waals surface area contributed by atoms with Gasteiger partial charge >= 0.3 is 12.4 Å². The van der Waals surface area contributed by atoms with E-state index in [4.69, 9.17) is 14.6 Å². The highest BCUT2D eigenvalue weighted by Gasteiger charge is 2.36. The molecule has 2 amide bonds. The van der Waals surface area contributed by atoms with Crippen LogP contribution in [0.15, 0.2) is 72.8 Å². The Labute approximate surface area is 437 Å². The Kier molecular flexibility index (Phi) is 15.0. The first-order chi connectivity index (χ1) is 36.4. The van der Waals surface area contributed by atoms with Gasteiger partial charge in [-0.15, -0.1) is 10.2 Å². The van der Waals surface area contributed by atoms with Crippen LogP contribution in [0.2, 0.25) is 0 Å². The van der Waals surface area contributed by atoms with Crippen molar-refractivity contribution < 1.29 is 45.4 Å². The molecule has 4 fully saturated rings. The molecule has 20 heteroatoms. The minimum absolute atomic E-state index is 0.0616. The number of amides is 2. The van der Waals surface area contributed by atoms with Crippen LogP contribution in [-0.4, -0.2) is 121 Å². The summed E-state index contributed by atoms with van der Waals surface area (Å²) in [4.78, 5) is 34.6. The summed E-state index contributed by atoms with van der Waals surface area (Å²) in [5.74, 6) is 0.691. The van der Waals surface area contributed by atoms with E-state index in [1.165, 1.54) is 26.0 Å². The normalized spacial score (nSPS) is 19.4. The molecule has 0 radical (unpaired) electrons. The number of carbonyl (C=O) groups excluding carboxylic acids is 2. The van der Waals surface area contributed by atoms with Gasteiger partial charge in [0, 0.05) is 98.5 Å². The predicted octanol–water partition coefficient (Wildman–Crippen LogP) is 9.87. The molecule has 10 rings (SSSR count). The number of anilines is 4. The Hall–Kier alpha value is -6.80. The third-order valence-corrected chi connectivity index (χ3v) is 15.8. The Bertz CT molecular complexity index is 3110. The molecule has 402 valence electrons. The molecular formula is C56H62F6N10O4. The number of piperazine rings is 2. The molecule has 14 nitrogen and oxygen atoms in total. The Morgan fingerprint density at radius 3 is 1.62 bits per heavy atom. The molecule has 6 heterocycles. The summed E-state index contributed by atoms with van der Waals surface area (Å²) in [5.41, 5.74) is 2.51. The summed E-state index contributed by atoms with van der Waals surface area (Å²) >= 11 is 0. The first kappa shape index (κ1) is 52.6. The van der Waals surface area contributed by atoms with Crippen LogP contribution in [0.4, 0.5) is 49.4 Å². The van der Waals surface area contributed by atoms with Crippen molar-refractivity contribution >= 4 is 56.4 Å². The number of aromatic nitrogens is 4. The fourth-order valence-corrected chi connectivity index (χ4v) is 11.4. The highest BCUT2D eigenvalue weighted by atomic mass is 19.4. The molecule has 4 aromatic carbocycles. The number of hydrogen-bond acceptors (Lipinski definition) is 12. The second-order valence-electron chi connectivity index (χ2n) is 20.5. The van der Waals surface area contributed by atoms with Gasteiger partial charge in [-0.05, 0) is 112 Å². The fourth-order valence-electron chi connectivity index (χ4n) is 11.4. The number of ether oxygens (including phenoxy) is 2. The maximum absolute atomic E-state index is 14.6. The van der Waals surface area contributed by atoms with Crippen LogP contribution < -0.4 is 20.4 Å². The number of nitrogens with one attached hydrogen (secondary N) is 2. The zero-order chi connectivity index (χ0) is 53.5. The molecule has 4 aliphatic rings. The van der Waals surface area contributed by atoms with Gasteiger partial charge in [0.1, 0.15) is 0 Å². The molecule has 0 unspecified atom stereocenters. The van der Waals surface area contributed by atoms with Crippen molar-refractivity contribution in [2.45, 2.75) is 77.8 Å². The van der Waals surface area contributed by atoms with Gasteiger partial charge < -0.3 is 39.7 Å². The molecule has 6 aromatic rings. The van der Waals surface area contributed by atoms with E-state index in [2.05, 4.69) is 35.7 Å². The second kappa shape index (κ2) is 21.7. The minimum Gasteiger partial charge on any atom is -0.381 e. The van der Waals surface area contributed by atoms with Gasteiger partial charge in [0.25, 0.3) is 0 Å². The van der Waals surface area contributed by atoms with E-state index in [-0.39, 0.29) is 47.6 Å². The van der Waals surface area contributed by atoms with E-state index in [9.17, 15) is 35.9 Å². The Balaban J connectivity index is 0.971. The van der Waals surface area contributed by atoms with E-state index in [0.29, 0.717) is 130 Å². The molecule has 4 aliphatic heterocycles. The van der Waals surface area contributed by atoms with Crippen molar-refractivity contribution in [1.82, 2.24) is 30.2 Å². The highest BCUT2D eigenvalue weighted by molar-refractivity contribution is 5.97.